The normalized spacial score (nSPS) is 21.9. The molecule has 10 N–H and O–H groups in total. The molecule has 4 aromatic carbocycles. The van der Waals surface area contributed by atoms with E-state index in [9.17, 15) is 19.2 Å². The third-order valence-corrected chi connectivity index (χ3v) is 12.4. The predicted molar refractivity (Wildman–Crippen MR) is 248 cm³/mol. The third-order valence-electron chi connectivity index (χ3n) is 12.4. The van der Waals surface area contributed by atoms with Gasteiger partial charge in [0, 0.05) is 47.9 Å². The van der Waals surface area contributed by atoms with E-state index >= 15 is 0 Å². The largest absolute Gasteiger partial charge is 0.543 e. The SMILES string of the molecule is COC(=O)[C@H]1CC[NH2+][C@H]1c1ccccc1.COC(=O)[C@H]1CC[NH2+][C@H]1c1ccccc1.COC(=O)[C@H]1CC[NH2+][C@H]1c1ccccc1.COC(=O)[C@H]1CC[NH2+][C@H]1c1ccccc1.O.O=C([O-])C(=O)[O-].O=C([O-])C(=O)[O-]. The molecule has 4 aromatic rings. The van der Waals surface area contributed by atoms with E-state index in [0.29, 0.717) is 0 Å². The Hall–Kier alpha value is -7.56. The van der Waals surface area contributed by atoms with Gasteiger partial charge in [0.1, 0.15) is 47.8 Å². The van der Waals surface area contributed by atoms with Crippen LogP contribution in [0, 0.1) is 23.7 Å². The van der Waals surface area contributed by atoms with Crippen molar-refractivity contribution in [3.63, 3.8) is 0 Å². The lowest BCUT2D eigenvalue weighted by Crippen LogP contribution is -2.82. The number of rotatable bonds is 8. The number of carboxylic acids is 4. The number of carboxylic acid groups (broad SMARTS) is 4. The van der Waals surface area contributed by atoms with Gasteiger partial charge in [-0.2, -0.15) is 0 Å². The maximum absolute atomic E-state index is 11.6. The second kappa shape index (κ2) is 33.2. The molecule has 0 radical (unpaired) electrons. The van der Waals surface area contributed by atoms with Gasteiger partial charge in [-0.3, -0.25) is 19.2 Å². The summed E-state index contributed by atoms with van der Waals surface area (Å²) in [5.74, 6) is -9.04. The summed E-state index contributed by atoms with van der Waals surface area (Å²) in [4.78, 5) is 81.9. The first kappa shape index (κ1) is 61.6. The van der Waals surface area contributed by atoms with Crippen molar-refractivity contribution in [2.75, 3.05) is 54.6 Å². The van der Waals surface area contributed by atoms with Crippen LogP contribution in [0.1, 0.15) is 72.1 Å². The minimum atomic E-state index is -2.19. The predicted octanol–water partition coefficient (Wildman–Crippen LogP) is -5.92. The molecule has 0 bridgehead atoms. The zero-order valence-corrected chi connectivity index (χ0v) is 41.2. The van der Waals surface area contributed by atoms with Crippen LogP contribution in [0.2, 0.25) is 0 Å². The molecule has 8 rings (SSSR count). The number of esters is 4. The molecule has 0 aromatic heterocycles. The van der Waals surface area contributed by atoms with Crippen LogP contribution in [0.3, 0.4) is 0 Å². The van der Waals surface area contributed by atoms with Crippen LogP contribution in [0.25, 0.3) is 0 Å². The zero-order chi connectivity index (χ0) is 53.0. The van der Waals surface area contributed by atoms with Crippen molar-refractivity contribution < 1.29 is 104 Å². The Bertz CT molecular complexity index is 2000. The molecule has 21 heteroatoms. The van der Waals surface area contributed by atoms with E-state index < -0.39 is 23.9 Å². The average Bonchev–Trinajstić information content (AvgIpc) is 4.28. The molecular weight excluding hydrogens is 953 g/mol. The van der Waals surface area contributed by atoms with E-state index in [1.54, 1.807) is 0 Å². The number of aliphatic carboxylic acids is 4. The number of benzene rings is 4. The number of nitrogens with two attached hydrogens (primary N) is 4. The van der Waals surface area contributed by atoms with Gasteiger partial charge in [0.2, 0.25) is 0 Å². The molecule has 396 valence electrons. The fourth-order valence-corrected chi connectivity index (χ4v) is 9.03. The highest BCUT2D eigenvalue weighted by Gasteiger charge is 2.41. The maximum Gasteiger partial charge on any atom is 0.315 e. The molecular formula is C52H66N4O17. The molecule has 0 saturated carbocycles. The van der Waals surface area contributed by atoms with Crippen LogP contribution in [0.5, 0.6) is 0 Å². The summed E-state index contributed by atoms with van der Waals surface area (Å²) >= 11 is 0. The number of ether oxygens (including phenoxy) is 4. The molecule has 21 nitrogen and oxygen atoms in total. The Labute approximate surface area is 422 Å². The summed E-state index contributed by atoms with van der Waals surface area (Å²) < 4.78 is 19.3. The van der Waals surface area contributed by atoms with E-state index in [4.69, 9.17) is 58.6 Å². The molecule has 0 aliphatic carbocycles. The van der Waals surface area contributed by atoms with Crippen molar-refractivity contribution in [3.05, 3.63) is 144 Å². The van der Waals surface area contributed by atoms with Gasteiger partial charge < -0.3 is 85.3 Å². The van der Waals surface area contributed by atoms with Crippen molar-refractivity contribution in [2.45, 2.75) is 49.9 Å². The van der Waals surface area contributed by atoms with Crippen LogP contribution < -0.4 is 41.7 Å². The van der Waals surface area contributed by atoms with Crippen LogP contribution in [-0.2, 0) is 57.3 Å². The van der Waals surface area contributed by atoms with Gasteiger partial charge in [0.15, 0.2) is 0 Å². The van der Waals surface area contributed by atoms with Gasteiger partial charge in [-0.05, 0) is 0 Å². The first-order valence-electron chi connectivity index (χ1n) is 23.3. The van der Waals surface area contributed by atoms with Crippen LogP contribution in [-0.4, -0.2) is 108 Å². The van der Waals surface area contributed by atoms with Crippen LogP contribution in [0.4, 0.5) is 0 Å². The molecule has 4 saturated heterocycles. The zero-order valence-electron chi connectivity index (χ0n) is 41.2. The molecule has 4 aliphatic heterocycles. The van der Waals surface area contributed by atoms with Gasteiger partial charge in [0.05, 0.1) is 78.5 Å². The lowest BCUT2D eigenvalue weighted by atomic mass is 9.94. The van der Waals surface area contributed by atoms with Crippen molar-refractivity contribution in [3.8, 4) is 0 Å². The highest BCUT2D eigenvalue weighted by atomic mass is 16.5. The first-order chi connectivity index (χ1) is 34.6. The number of quaternary nitrogens is 4. The highest BCUT2D eigenvalue weighted by molar-refractivity contribution is 6.25. The van der Waals surface area contributed by atoms with Gasteiger partial charge in [0.25, 0.3) is 0 Å². The maximum atomic E-state index is 11.6. The van der Waals surface area contributed by atoms with E-state index in [1.165, 1.54) is 50.7 Å². The van der Waals surface area contributed by atoms with E-state index in [2.05, 4.69) is 69.8 Å². The third kappa shape index (κ3) is 19.9. The summed E-state index contributed by atoms with van der Waals surface area (Å²) in [5, 5.41) is 44.6. The Morgan fingerprint density at radius 2 is 0.507 bits per heavy atom. The number of carbonyl (C=O) groups excluding carboxylic acids is 8. The Morgan fingerprint density at radius 1 is 0.342 bits per heavy atom. The van der Waals surface area contributed by atoms with E-state index in [-0.39, 0.29) is 77.2 Å². The quantitative estimate of drug-likeness (QED) is 0.0725. The lowest BCUT2D eigenvalue weighted by molar-refractivity contribution is -0.678. The van der Waals surface area contributed by atoms with Crippen molar-refractivity contribution in [1.29, 1.82) is 0 Å². The van der Waals surface area contributed by atoms with Crippen LogP contribution in [0.15, 0.2) is 121 Å². The van der Waals surface area contributed by atoms with E-state index in [1.807, 2.05) is 72.8 Å². The molecule has 4 fully saturated rings. The molecule has 0 unspecified atom stereocenters. The minimum Gasteiger partial charge on any atom is -0.543 e. The Balaban J connectivity index is 0.000000309. The van der Waals surface area contributed by atoms with Crippen molar-refractivity contribution >= 4 is 47.8 Å². The summed E-state index contributed by atoms with van der Waals surface area (Å²) in [6.07, 6.45) is 3.64. The smallest absolute Gasteiger partial charge is 0.315 e. The number of hydrogen-bond donors (Lipinski definition) is 4. The standard InChI is InChI=1S/4C12H15NO2.2C2H2O4.H2O/c4*1-15-12(14)10-7-8-13-11(10)9-5-3-2-4-6-9;2*3-1(4)2(5)6;/h4*2-6,10-11,13H,7-8H2,1H3;2*(H,3,4)(H,5,6);1H2/t4*10-,11-;;;/m0000.../s1. The summed E-state index contributed by atoms with van der Waals surface area (Å²) in [7, 11) is 5.84. The topological polar surface area (TPSA) is 364 Å². The number of methoxy groups -OCH3 is 4. The lowest BCUT2D eigenvalue weighted by Gasteiger charge is -2.14. The first-order valence-corrected chi connectivity index (χ1v) is 23.3. The number of hydrogen-bond acceptors (Lipinski definition) is 16. The summed E-state index contributed by atoms with van der Waals surface area (Å²) in [5.41, 5.74) is 4.85. The number of carbonyl (C=O) groups is 8. The fourth-order valence-electron chi connectivity index (χ4n) is 9.03. The molecule has 4 aliphatic rings. The second-order valence-corrected chi connectivity index (χ2v) is 16.7. The van der Waals surface area contributed by atoms with Gasteiger partial charge in [-0.15, -0.1) is 0 Å². The highest BCUT2D eigenvalue weighted by Crippen LogP contribution is 2.28. The molecule has 0 amide bonds. The Morgan fingerprint density at radius 3 is 0.644 bits per heavy atom. The van der Waals surface area contributed by atoms with Crippen molar-refractivity contribution in [1.82, 2.24) is 0 Å². The minimum absolute atomic E-state index is 0. The molecule has 4 heterocycles. The van der Waals surface area contributed by atoms with E-state index in [0.717, 1.165) is 51.9 Å². The molecule has 73 heavy (non-hydrogen) atoms. The molecule has 8 atom stereocenters. The van der Waals surface area contributed by atoms with Crippen molar-refractivity contribution in [2.24, 2.45) is 23.7 Å². The fraction of sp³-hybridized carbons (Fsp3) is 0.385. The average molecular weight is 1020 g/mol. The Kier molecular flexibility index (Phi) is 28.0. The summed E-state index contributed by atoms with van der Waals surface area (Å²) in [6.45, 7) is 4.00. The summed E-state index contributed by atoms with van der Waals surface area (Å²) in [6, 6.07) is 41.6. The van der Waals surface area contributed by atoms with Gasteiger partial charge >= 0.3 is 23.9 Å². The second-order valence-electron chi connectivity index (χ2n) is 16.7. The monoisotopic (exact) mass is 1020 g/mol. The van der Waals surface area contributed by atoms with Gasteiger partial charge in [-0.25, -0.2) is 0 Å². The van der Waals surface area contributed by atoms with Crippen LogP contribution >= 0.6 is 0 Å². The van der Waals surface area contributed by atoms with Gasteiger partial charge in [-0.1, -0.05) is 121 Å². The molecule has 0 spiro atoms.